The molecule has 30 heavy (non-hydrogen) atoms. The molecule has 2 bridgehead atoms. The summed E-state index contributed by atoms with van der Waals surface area (Å²) < 4.78 is 11.6. The monoisotopic (exact) mass is 406 g/mol. The number of ether oxygens (including phenoxy) is 2. The highest BCUT2D eigenvalue weighted by Gasteiger charge is 2.39. The fourth-order valence-corrected chi connectivity index (χ4v) is 4.26. The van der Waals surface area contributed by atoms with E-state index in [1.54, 1.807) is 6.20 Å². The Morgan fingerprint density at radius 2 is 1.97 bits per heavy atom. The molecule has 5 nitrogen and oxygen atoms in total. The Balaban J connectivity index is 1.50. The maximum Gasteiger partial charge on any atom is 0.411 e. The van der Waals surface area contributed by atoms with Gasteiger partial charge in [0.1, 0.15) is 18.0 Å². The van der Waals surface area contributed by atoms with Crippen LogP contribution in [0.25, 0.3) is 5.57 Å². The second-order valence-corrected chi connectivity index (χ2v) is 9.12. The third-order valence-electron chi connectivity index (χ3n) is 5.57. The quantitative estimate of drug-likeness (QED) is 0.663. The largest absolute Gasteiger partial charge is 0.487 e. The average Bonchev–Trinajstić information content (AvgIpc) is 2.71. The van der Waals surface area contributed by atoms with Crippen LogP contribution in [0.3, 0.4) is 0 Å². The predicted molar refractivity (Wildman–Crippen MR) is 117 cm³/mol. The van der Waals surface area contributed by atoms with Crippen LogP contribution in [0.5, 0.6) is 5.75 Å². The highest BCUT2D eigenvalue weighted by atomic mass is 16.6. The van der Waals surface area contributed by atoms with E-state index in [-0.39, 0.29) is 18.2 Å². The van der Waals surface area contributed by atoms with Crippen molar-refractivity contribution < 1.29 is 14.3 Å². The maximum absolute atomic E-state index is 12.8. The molecule has 2 aromatic rings. The van der Waals surface area contributed by atoms with E-state index in [0.29, 0.717) is 6.61 Å². The standard InChI is InChI=1S/C25H30N2O3/c1-25(2,3)30-24(28)27-21-10-7-11-22(27)13-19(12-21)20-14-23(16-26-15-20)29-17-18-8-5-4-6-9-18/h4-6,8-9,12,14-16,21-22H,7,10-11,13,17H2,1-3H3. The summed E-state index contributed by atoms with van der Waals surface area (Å²) >= 11 is 0. The number of carbonyl (C=O) groups is 1. The van der Waals surface area contributed by atoms with Crippen LogP contribution in [0.4, 0.5) is 4.79 Å². The summed E-state index contributed by atoms with van der Waals surface area (Å²) in [5.74, 6) is 0.761. The van der Waals surface area contributed by atoms with Crippen LogP contribution in [0, 0.1) is 0 Å². The molecule has 1 aromatic carbocycles. The van der Waals surface area contributed by atoms with Crippen molar-refractivity contribution in [3.05, 3.63) is 66.0 Å². The van der Waals surface area contributed by atoms with Crippen LogP contribution in [0.2, 0.25) is 0 Å². The first-order valence-corrected chi connectivity index (χ1v) is 10.7. The number of hydrogen-bond donors (Lipinski definition) is 0. The molecule has 1 saturated heterocycles. The molecule has 1 aromatic heterocycles. The normalized spacial score (nSPS) is 21.0. The van der Waals surface area contributed by atoms with Gasteiger partial charge in [0.2, 0.25) is 0 Å². The number of amides is 1. The highest BCUT2D eigenvalue weighted by molar-refractivity contribution is 5.74. The molecule has 2 aliphatic rings. The molecule has 2 unspecified atom stereocenters. The molecule has 0 N–H and O–H groups in total. The van der Waals surface area contributed by atoms with Gasteiger partial charge in [0.15, 0.2) is 0 Å². The van der Waals surface area contributed by atoms with E-state index >= 15 is 0 Å². The van der Waals surface area contributed by atoms with E-state index in [9.17, 15) is 4.79 Å². The lowest BCUT2D eigenvalue weighted by Gasteiger charge is -2.45. The van der Waals surface area contributed by atoms with Crippen molar-refractivity contribution in [2.45, 2.75) is 70.7 Å². The lowest BCUT2D eigenvalue weighted by molar-refractivity contribution is 0.0000811. The van der Waals surface area contributed by atoms with E-state index < -0.39 is 5.60 Å². The molecule has 0 aliphatic carbocycles. The topological polar surface area (TPSA) is 51.7 Å². The predicted octanol–water partition coefficient (Wildman–Crippen LogP) is 5.61. The minimum absolute atomic E-state index is 0.0799. The molecule has 1 fully saturated rings. The van der Waals surface area contributed by atoms with Crippen molar-refractivity contribution in [3.8, 4) is 5.75 Å². The summed E-state index contributed by atoms with van der Waals surface area (Å²) in [7, 11) is 0. The summed E-state index contributed by atoms with van der Waals surface area (Å²) in [6.45, 7) is 6.26. The van der Waals surface area contributed by atoms with Crippen molar-refractivity contribution in [2.24, 2.45) is 0 Å². The Hall–Kier alpha value is -2.82. The minimum atomic E-state index is -0.482. The van der Waals surface area contributed by atoms with Gasteiger partial charge in [-0.1, -0.05) is 36.4 Å². The first-order valence-electron chi connectivity index (χ1n) is 10.7. The van der Waals surface area contributed by atoms with Gasteiger partial charge in [-0.25, -0.2) is 4.79 Å². The zero-order valence-corrected chi connectivity index (χ0v) is 18.0. The van der Waals surface area contributed by atoms with Crippen molar-refractivity contribution in [1.29, 1.82) is 0 Å². The van der Waals surface area contributed by atoms with E-state index in [1.807, 2.05) is 62.2 Å². The van der Waals surface area contributed by atoms with E-state index in [4.69, 9.17) is 9.47 Å². The van der Waals surface area contributed by atoms with E-state index in [0.717, 1.165) is 42.6 Å². The van der Waals surface area contributed by atoms with Gasteiger partial charge in [-0.2, -0.15) is 0 Å². The van der Waals surface area contributed by atoms with Crippen LogP contribution < -0.4 is 4.74 Å². The molecule has 0 saturated carbocycles. The maximum atomic E-state index is 12.8. The van der Waals surface area contributed by atoms with Crippen LogP contribution in [-0.2, 0) is 11.3 Å². The first kappa shape index (κ1) is 20.5. The fraction of sp³-hybridized carbons (Fsp3) is 0.440. The SMILES string of the molecule is CC(C)(C)OC(=O)N1C2C=C(c3cncc(OCc4ccccc4)c3)CC1CCC2. The second-order valence-electron chi connectivity index (χ2n) is 9.12. The Morgan fingerprint density at radius 3 is 2.70 bits per heavy atom. The molecule has 158 valence electrons. The Bertz CT molecular complexity index is 917. The number of carbonyl (C=O) groups excluding carboxylic acids is 1. The Kier molecular flexibility index (Phi) is 5.80. The van der Waals surface area contributed by atoms with Gasteiger partial charge in [-0.15, -0.1) is 0 Å². The van der Waals surface area contributed by atoms with Gasteiger partial charge < -0.3 is 9.47 Å². The molecule has 3 heterocycles. The van der Waals surface area contributed by atoms with Crippen LogP contribution >= 0.6 is 0 Å². The lowest BCUT2D eigenvalue weighted by Crippen LogP contribution is -2.53. The van der Waals surface area contributed by atoms with Gasteiger partial charge in [-0.05, 0) is 69.2 Å². The summed E-state index contributed by atoms with van der Waals surface area (Å²) in [4.78, 5) is 19.1. The van der Waals surface area contributed by atoms with Gasteiger partial charge in [0, 0.05) is 12.2 Å². The molecule has 0 radical (unpaired) electrons. The molecule has 1 amide bonds. The summed E-state index contributed by atoms with van der Waals surface area (Å²) in [5.41, 5.74) is 2.95. The third-order valence-corrected chi connectivity index (χ3v) is 5.57. The lowest BCUT2D eigenvalue weighted by atomic mass is 9.83. The van der Waals surface area contributed by atoms with Gasteiger partial charge >= 0.3 is 6.09 Å². The molecule has 4 rings (SSSR count). The first-order chi connectivity index (χ1) is 14.4. The summed E-state index contributed by atoms with van der Waals surface area (Å²) in [6, 6.07) is 12.4. The number of benzene rings is 1. The summed E-state index contributed by atoms with van der Waals surface area (Å²) in [5, 5.41) is 0. The summed E-state index contributed by atoms with van der Waals surface area (Å²) in [6.07, 6.45) is 9.59. The molecule has 2 atom stereocenters. The number of hydrogen-bond acceptors (Lipinski definition) is 4. The van der Waals surface area contributed by atoms with Crippen molar-refractivity contribution in [2.75, 3.05) is 0 Å². The number of nitrogens with zero attached hydrogens (tertiary/aromatic N) is 2. The minimum Gasteiger partial charge on any atom is -0.487 e. The molecular formula is C25H30N2O3. The zero-order chi connectivity index (χ0) is 21.1. The number of piperidine rings is 1. The van der Waals surface area contributed by atoms with Crippen molar-refractivity contribution in [1.82, 2.24) is 9.88 Å². The average molecular weight is 407 g/mol. The zero-order valence-electron chi connectivity index (χ0n) is 18.0. The van der Waals surface area contributed by atoms with Gasteiger partial charge in [0.25, 0.3) is 0 Å². The third kappa shape index (κ3) is 4.84. The fourth-order valence-electron chi connectivity index (χ4n) is 4.26. The Labute approximate surface area is 178 Å². The smallest absolute Gasteiger partial charge is 0.411 e. The molecule has 2 aliphatic heterocycles. The van der Waals surface area contributed by atoms with Crippen LogP contribution in [-0.4, -0.2) is 33.7 Å². The van der Waals surface area contributed by atoms with Crippen molar-refractivity contribution >= 4 is 11.7 Å². The van der Waals surface area contributed by atoms with Gasteiger partial charge in [0.05, 0.1) is 12.2 Å². The van der Waals surface area contributed by atoms with E-state index in [2.05, 4.69) is 17.1 Å². The molecule has 5 heteroatoms. The van der Waals surface area contributed by atoms with Crippen molar-refractivity contribution in [3.63, 3.8) is 0 Å². The molecular weight excluding hydrogens is 376 g/mol. The van der Waals surface area contributed by atoms with Crippen LogP contribution in [0.15, 0.2) is 54.9 Å². The Morgan fingerprint density at radius 1 is 1.17 bits per heavy atom. The second kappa shape index (κ2) is 8.50. The highest BCUT2D eigenvalue weighted by Crippen LogP contribution is 2.38. The van der Waals surface area contributed by atoms with E-state index in [1.165, 1.54) is 5.57 Å². The number of rotatable bonds is 4. The number of fused-ring (bicyclic) bond motifs is 2. The van der Waals surface area contributed by atoms with Crippen LogP contribution in [0.1, 0.15) is 57.6 Å². The number of pyridine rings is 1. The number of aromatic nitrogens is 1. The molecule has 0 spiro atoms. The van der Waals surface area contributed by atoms with Gasteiger partial charge in [-0.3, -0.25) is 9.88 Å².